The Morgan fingerprint density at radius 1 is 1.05 bits per heavy atom. The van der Waals surface area contributed by atoms with Crippen molar-refractivity contribution in [3.05, 3.63) is 23.8 Å². The predicted molar refractivity (Wildman–Crippen MR) is 92.7 cm³/mol. The molecule has 0 saturated heterocycles. The first kappa shape index (κ1) is 18.8. The summed E-state index contributed by atoms with van der Waals surface area (Å²) in [5.74, 6) is 1.70. The summed E-state index contributed by atoms with van der Waals surface area (Å²) in [4.78, 5) is 0. The molecule has 22 heavy (non-hydrogen) atoms. The Morgan fingerprint density at radius 2 is 1.64 bits per heavy atom. The van der Waals surface area contributed by atoms with Crippen LogP contribution in [-0.4, -0.2) is 24.3 Å². The van der Waals surface area contributed by atoms with Crippen molar-refractivity contribution in [2.45, 2.75) is 72.3 Å². The number of rotatable bonds is 7. The van der Waals surface area contributed by atoms with Crippen LogP contribution >= 0.6 is 0 Å². The smallest absolute Gasteiger partial charge is 0.124 e. The Morgan fingerprint density at radius 3 is 2.09 bits per heavy atom. The SMILES string of the molecule is CC(C)Oc1ccc(OC(C)C)c(C(CN)NC(C)(C)C)c1. The molecule has 1 rings (SSSR count). The molecule has 0 radical (unpaired) electrons. The van der Waals surface area contributed by atoms with E-state index in [9.17, 15) is 0 Å². The van der Waals surface area contributed by atoms with Crippen LogP contribution < -0.4 is 20.5 Å². The van der Waals surface area contributed by atoms with E-state index in [1.807, 2.05) is 45.9 Å². The summed E-state index contributed by atoms with van der Waals surface area (Å²) in [6, 6.07) is 5.98. The summed E-state index contributed by atoms with van der Waals surface area (Å²) in [5, 5.41) is 3.56. The second kappa shape index (κ2) is 7.84. The number of nitrogens with two attached hydrogens (primary N) is 1. The Balaban J connectivity index is 3.18. The fraction of sp³-hybridized carbons (Fsp3) is 0.667. The summed E-state index contributed by atoms with van der Waals surface area (Å²) < 4.78 is 11.8. The second-order valence-corrected chi connectivity index (χ2v) is 7.22. The van der Waals surface area contributed by atoms with E-state index in [0.717, 1.165) is 17.1 Å². The number of hydrogen-bond acceptors (Lipinski definition) is 4. The Hall–Kier alpha value is -1.26. The largest absolute Gasteiger partial charge is 0.491 e. The van der Waals surface area contributed by atoms with Gasteiger partial charge in [-0.15, -0.1) is 0 Å². The van der Waals surface area contributed by atoms with E-state index in [2.05, 4.69) is 26.1 Å². The molecule has 0 aliphatic heterocycles. The lowest BCUT2D eigenvalue weighted by Crippen LogP contribution is -2.42. The maximum atomic E-state index is 6.00. The van der Waals surface area contributed by atoms with E-state index in [0.29, 0.717) is 6.54 Å². The fourth-order valence-corrected chi connectivity index (χ4v) is 2.29. The zero-order chi connectivity index (χ0) is 16.9. The van der Waals surface area contributed by atoms with Crippen molar-refractivity contribution in [2.24, 2.45) is 5.73 Å². The first-order chi connectivity index (χ1) is 10.1. The zero-order valence-electron chi connectivity index (χ0n) is 15.1. The standard InChI is InChI=1S/C18H32N2O2/c1-12(2)21-14-8-9-17(22-13(3)4)15(10-14)16(11-19)20-18(5,6)7/h8-10,12-13,16,20H,11,19H2,1-7H3. The third kappa shape index (κ3) is 6.24. The summed E-state index contributed by atoms with van der Waals surface area (Å²) in [6.07, 6.45) is 0.250. The van der Waals surface area contributed by atoms with E-state index < -0.39 is 0 Å². The third-order valence-electron chi connectivity index (χ3n) is 2.93. The van der Waals surface area contributed by atoms with Crippen LogP contribution in [0.1, 0.15) is 60.1 Å². The van der Waals surface area contributed by atoms with Gasteiger partial charge in [0, 0.05) is 23.7 Å². The highest BCUT2D eigenvalue weighted by molar-refractivity contribution is 5.43. The van der Waals surface area contributed by atoms with Gasteiger partial charge >= 0.3 is 0 Å². The van der Waals surface area contributed by atoms with E-state index >= 15 is 0 Å². The van der Waals surface area contributed by atoms with Crippen LogP contribution in [0.15, 0.2) is 18.2 Å². The van der Waals surface area contributed by atoms with Crippen LogP contribution in [0.4, 0.5) is 0 Å². The number of benzene rings is 1. The molecule has 1 aromatic carbocycles. The minimum absolute atomic E-state index is 0.0180. The van der Waals surface area contributed by atoms with Gasteiger partial charge in [0.2, 0.25) is 0 Å². The molecule has 3 N–H and O–H groups in total. The minimum Gasteiger partial charge on any atom is -0.491 e. The molecule has 0 aromatic heterocycles. The van der Waals surface area contributed by atoms with Crippen molar-refractivity contribution in [1.82, 2.24) is 5.32 Å². The molecule has 1 unspecified atom stereocenters. The molecule has 1 atom stereocenters. The monoisotopic (exact) mass is 308 g/mol. The molecule has 0 fully saturated rings. The van der Waals surface area contributed by atoms with Gasteiger partial charge in [-0.25, -0.2) is 0 Å². The minimum atomic E-state index is -0.0337. The fourth-order valence-electron chi connectivity index (χ4n) is 2.29. The van der Waals surface area contributed by atoms with Crippen molar-refractivity contribution < 1.29 is 9.47 Å². The van der Waals surface area contributed by atoms with Crippen LogP contribution in [0.5, 0.6) is 11.5 Å². The molecule has 0 heterocycles. The van der Waals surface area contributed by atoms with Gasteiger partial charge in [0.05, 0.1) is 12.2 Å². The highest BCUT2D eigenvalue weighted by Gasteiger charge is 2.22. The van der Waals surface area contributed by atoms with Crippen LogP contribution in [0.2, 0.25) is 0 Å². The number of ether oxygens (including phenoxy) is 2. The summed E-state index contributed by atoms with van der Waals surface area (Å²) in [7, 11) is 0. The van der Waals surface area contributed by atoms with Crippen molar-refractivity contribution in [1.29, 1.82) is 0 Å². The molecule has 0 aliphatic rings. The highest BCUT2D eigenvalue weighted by Crippen LogP contribution is 2.31. The van der Waals surface area contributed by atoms with Crippen molar-refractivity contribution >= 4 is 0 Å². The molecule has 0 amide bonds. The maximum Gasteiger partial charge on any atom is 0.124 e. The average Bonchev–Trinajstić information content (AvgIpc) is 2.35. The number of hydrogen-bond donors (Lipinski definition) is 2. The Labute approximate surface area is 135 Å². The average molecular weight is 308 g/mol. The summed E-state index contributed by atoms with van der Waals surface area (Å²) in [6.45, 7) is 15.0. The predicted octanol–water partition coefficient (Wildman–Crippen LogP) is 3.65. The van der Waals surface area contributed by atoms with E-state index in [4.69, 9.17) is 15.2 Å². The lowest BCUT2D eigenvalue weighted by Gasteiger charge is -2.30. The first-order valence-electron chi connectivity index (χ1n) is 8.07. The van der Waals surface area contributed by atoms with Gasteiger partial charge in [-0.05, 0) is 66.7 Å². The summed E-state index contributed by atoms with van der Waals surface area (Å²) >= 11 is 0. The molecular weight excluding hydrogens is 276 g/mol. The third-order valence-corrected chi connectivity index (χ3v) is 2.93. The second-order valence-electron chi connectivity index (χ2n) is 7.22. The molecule has 0 aliphatic carbocycles. The lowest BCUT2D eigenvalue weighted by atomic mass is 10.0. The molecule has 1 aromatic rings. The van der Waals surface area contributed by atoms with Gasteiger partial charge in [-0.2, -0.15) is 0 Å². The molecule has 0 saturated carbocycles. The van der Waals surface area contributed by atoms with Crippen LogP contribution in [0.3, 0.4) is 0 Å². The van der Waals surface area contributed by atoms with Gasteiger partial charge in [0.15, 0.2) is 0 Å². The normalized spacial score (nSPS) is 13.5. The van der Waals surface area contributed by atoms with E-state index in [1.165, 1.54) is 0 Å². The topological polar surface area (TPSA) is 56.5 Å². The van der Waals surface area contributed by atoms with Gasteiger partial charge < -0.3 is 20.5 Å². The van der Waals surface area contributed by atoms with Gasteiger partial charge in [-0.1, -0.05) is 0 Å². The molecule has 126 valence electrons. The van der Waals surface area contributed by atoms with Gasteiger partial charge in [0.1, 0.15) is 11.5 Å². The molecule has 4 heteroatoms. The molecule has 0 spiro atoms. The Kier molecular flexibility index (Phi) is 6.69. The van der Waals surface area contributed by atoms with Crippen LogP contribution in [0, 0.1) is 0 Å². The molecular formula is C18H32N2O2. The Bertz CT molecular complexity index is 465. The van der Waals surface area contributed by atoms with Crippen molar-refractivity contribution in [2.75, 3.05) is 6.54 Å². The van der Waals surface area contributed by atoms with E-state index in [1.54, 1.807) is 0 Å². The van der Waals surface area contributed by atoms with Gasteiger partial charge in [-0.3, -0.25) is 0 Å². The lowest BCUT2D eigenvalue weighted by molar-refractivity contribution is 0.229. The van der Waals surface area contributed by atoms with Gasteiger partial charge in [0.25, 0.3) is 0 Å². The summed E-state index contributed by atoms with van der Waals surface area (Å²) in [5.41, 5.74) is 7.02. The first-order valence-corrected chi connectivity index (χ1v) is 8.07. The molecule has 0 bridgehead atoms. The van der Waals surface area contributed by atoms with Crippen LogP contribution in [-0.2, 0) is 0 Å². The van der Waals surface area contributed by atoms with Crippen molar-refractivity contribution in [3.63, 3.8) is 0 Å². The van der Waals surface area contributed by atoms with Crippen molar-refractivity contribution in [3.8, 4) is 11.5 Å². The highest BCUT2D eigenvalue weighted by atomic mass is 16.5. The number of nitrogens with one attached hydrogen (secondary N) is 1. The molecule has 4 nitrogen and oxygen atoms in total. The van der Waals surface area contributed by atoms with E-state index in [-0.39, 0.29) is 23.8 Å². The maximum absolute atomic E-state index is 6.00. The van der Waals surface area contributed by atoms with Crippen LogP contribution in [0.25, 0.3) is 0 Å². The zero-order valence-corrected chi connectivity index (χ0v) is 15.1. The quantitative estimate of drug-likeness (QED) is 0.807.